The summed E-state index contributed by atoms with van der Waals surface area (Å²) in [5.41, 5.74) is 0. The predicted molar refractivity (Wildman–Crippen MR) is 86.7 cm³/mol. The Hall–Kier alpha value is 1.06. The van der Waals surface area contributed by atoms with Crippen molar-refractivity contribution in [2.75, 3.05) is 0 Å². The summed E-state index contributed by atoms with van der Waals surface area (Å²) in [4.78, 5) is 0. The summed E-state index contributed by atoms with van der Waals surface area (Å²) in [5.74, 6) is 0. The summed E-state index contributed by atoms with van der Waals surface area (Å²) < 4.78 is 1.35. The minimum Gasteiger partial charge on any atom is -0.346 e. The summed E-state index contributed by atoms with van der Waals surface area (Å²) in [5, 5.41) is 0. The lowest BCUT2D eigenvalue weighted by molar-refractivity contribution is 0.538. The van der Waals surface area contributed by atoms with Crippen LogP contribution in [0.5, 0.6) is 0 Å². The Labute approximate surface area is 129 Å². The molecule has 106 valence electrons. The smallest absolute Gasteiger partial charge is 0.346 e. The van der Waals surface area contributed by atoms with Crippen LogP contribution in [-0.2, 0) is 0 Å². The van der Waals surface area contributed by atoms with Crippen LogP contribution in [0.25, 0.3) is 0 Å². The van der Waals surface area contributed by atoms with Crippen molar-refractivity contribution in [2.45, 2.75) is 101 Å². The average Bonchev–Trinajstić information content (AvgIpc) is 2.39. The van der Waals surface area contributed by atoms with Gasteiger partial charge in [0.1, 0.15) is 0 Å². The van der Waals surface area contributed by atoms with Crippen molar-refractivity contribution in [2.24, 2.45) is 0 Å². The summed E-state index contributed by atoms with van der Waals surface area (Å²) in [6.45, 7) is 2.29. The standard InChI is InChI=1S/C16H33.ClH.Mg/c1-3-5-7-9-11-13-15-16-14-12-10-8-6-4-2;;/h1,3-16H2,2H3;1H;/q;;+1/p-1. The fraction of sp³-hybridized carbons (Fsp3) is 1.00. The lowest BCUT2D eigenvalue weighted by Crippen LogP contribution is -1.83. The Kier molecular flexibility index (Phi) is 19.1. The van der Waals surface area contributed by atoms with E-state index in [9.17, 15) is 0 Å². The van der Waals surface area contributed by atoms with Gasteiger partial charge in [-0.05, 0) is 0 Å². The van der Waals surface area contributed by atoms with Gasteiger partial charge in [-0.15, -0.1) is 4.55 Å². The molecule has 0 bridgehead atoms. The molecule has 0 radical (unpaired) electrons. The molecule has 0 aromatic carbocycles. The van der Waals surface area contributed by atoms with Crippen LogP contribution in [0.1, 0.15) is 96.8 Å². The van der Waals surface area contributed by atoms with Gasteiger partial charge in [0.15, 0.2) is 0 Å². The van der Waals surface area contributed by atoms with E-state index in [1.165, 1.54) is 94.4 Å². The molecule has 0 atom stereocenters. The van der Waals surface area contributed by atoms with Crippen LogP contribution in [0.2, 0.25) is 4.55 Å². The van der Waals surface area contributed by atoms with Gasteiger partial charge < -0.3 is 9.07 Å². The maximum atomic E-state index is 5.79. The van der Waals surface area contributed by atoms with Gasteiger partial charge in [-0.1, -0.05) is 96.8 Å². The highest BCUT2D eigenvalue weighted by molar-refractivity contribution is 6.93. The highest BCUT2D eigenvalue weighted by atomic mass is 35.5. The lowest BCUT2D eigenvalue weighted by Gasteiger charge is -2.02. The predicted octanol–water partition coefficient (Wildman–Crippen LogP) is 6.74. The van der Waals surface area contributed by atoms with Gasteiger partial charge in [0.05, 0.1) is 0 Å². The first-order valence-electron chi connectivity index (χ1n) is 8.47. The number of rotatable bonds is 15. The van der Waals surface area contributed by atoms with Crippen LogP contribution in [-0.4, -0.2) is 19.3 Å². The Morgan fingerprint density at radius 1 is 0.556 bits per heavy atom. The minimum atomic E-state index is -0.176. The number of unbranched alkanes of at least 4 members (excludes halogenated alkanes) is 13. The van der Waals surface area contributed by atoms with Crippen LogP contribution >= 0.6 is 9.07 Å². The molecule has 0 aromatic heterocycles. The van der Waals surface area contributed by atoms with Gasteiger partial charge in [0.25, 0.3) is 0 Å². The van der Waals surface area contributed by atoms with Crippen LogP contribution in [0, 0.1) is 0 Å². The van der Waals surface area contributed by atoms with E-state index < -0.39 is 0 Å². The molecule has 0 saturated heterocycles. The van der Waals surface area contributed by atoms with E-state index in [1.807, 2.05) is 0 Å². The Bertz CT molecular complexity index is 123. The molecule has 18 heavy (non-hydrogen) atoms. The Balaban J connectivity index is 2.86. The molecular formula is C16H33ClMg. The zero-order chi connectivity index (χ0) is 13.3. The van der Waals surface area contributed by atoms with E-state index in [1.54, 1.807) is 0 Å². The lowest BCUT2D eigenvalue weighted by atomic mass is 10.0. The molecule has 0 amide bonds. The molecule has 0 rings (SSSR count). The van der Waals surface area contributed by atoms with Crippen molar-refractivity contribution in [3.8, 4) is 0 Å². The quantitative estimate of drug-likeness (QED) is 0.231. The Morgan fingerprint density at radius 2 is 0.889 bits per heavy atom. The van der Waals surface area contributed by atoms with E-state index in [4.69, 9.17) is 9.07 Å². The largest absolute Gasteiger partial charge is 0.501 e. The second-order valence-corrected chi connectivity index (χ2v) is 7.86. The highest BCUT2D eigenvalue weighted by Gasteiger charge is 1.94. The van der Waals surface area contributed by atoms with Crippen molar-refractivity contribution in [3.05, 3.63) is 0 Å². The maximum absolute atomic E-state index is 5.79. The third-order valence-electron chi connectivity index (χ3n) is 3.74. The molecule has 0 spiro atoms. The van der Waals surface area contributed by atoms with Gasteiger partial charge in [-0.25, -0.2) is 0 Å². The van der Waals surface area contributed by atoms with Crippen molar-refractivity contribution in [1.29, 1.82) is 0 Å². The highest BCUT2D eigenvalue weighted by Crippen LogP contribution is 2.13. The van der Waals surface area contributed by atoms with Crippen molar-refractivity contribution >= 4 is 28.3 Å². The zero-order valence-corrected chi connectivity index (χ0v) is 14.9. The molecule has 0 aromatic rings. The molecule has 0 aliphatic rings. The first kappa shape index (κ1) is 19.1. The molecule has 0 aliphatic carbocycles. The zero-order valence-electron chi connectivity index (χ0n) is 12.7. The first-order chi connectivity index (χ1) is 8.91. The normalized spacial score (nSPS) is 10.6. The second-order valence-electron chi connectivity index (χ2n) is 5.64. The fourth-order valence-electron chi connectivity index (χ4n) is 2.47. The SMILES string of the molecule is CCCCCCCCCCCCCCC[CH2][Mg][Cl]. The number of halogens is 1. The van der Waals surface area contributed by atoms with Crippen LogP contribution in [0.3, 0.4) is 0 Å². The maximum Gasteiger partial charge on any atom is 0.501 e. The molecular weight excluding hydrogens is 252 g/mol. The molecule has 0 aliphatic heterocycles. The van der Waals surface area contributed by atoms with E-state index in [2.05, 4.69) is 6.92 Å². The second kappa shape index (κ2) is 18.1. The third kappa shape index (κ3) is 17.1. The summed E-state index contributed by atoms with van der Waals surface area (Å²) in [7, 11) is 5.79. The van der Waals surface area contributed by atoms with Crippen LogP contribution in [0.4, 0.5) is 0 Å². The van der Waals surface area contributed by atoms with Gasteiger partial charge >= 0.3 is 19.3 Å². The van der Waals surface area contributed by atoms with Crippen molar-refractivity contribution in [1.82, 2.24) is 0 Å². The van der Waals surface area contributed by atoms with Gasteiger partial charge in [0.2, 0.25) is 0 Å². The molecule has 0 unspecified atom stereocenters. The topological polar surface area (TPSA) is 0 Å². The van der Waals surface area contributed by atoms with E-state index in [0.29, 0.717) is 0 Å². The van der Waals surface area contributed by atoms with E-state index >= 15 is 0 Å². The first-order valence-corrected chi connectivity index (χ1v) is 11.6. The summed E-state index contributed by atoms with van der Waals surface area (Å²) in [6.07, 6.45) is 20.3. The molecule has 0 heterocycles. The number of hydrogen-bond acceptors (Lipinski definition) is 0. The van der Waals surface area contributed by atoms with Crippen molar-refractivity contribution < 1.29 is 0 Å². The molecule has 0 saturated carbocycles. The minimum absolute atomic E-state index is 0.176. The van der Waals surface area contributed by atoms with E-state index in [-0.39, 0.29) is 19.3 Å². The Morgan fingerprint density at radius 3 is 1.22 bits per heavy atom. The van der Waals surface area contributed by atoms with Crippen LogP contribution < -0.4 is 0 Å². The molecule has 0 fully saturated rings. The fourth-order valence-corrected chi connectivity index (χ4v) is 3.58. The van der Waals surface area contributed by atoms with Crippen molar-refractivity contribution in [3.63, 3.8) is 0 Å². The van der Waals surface area contributed by atoms with Gasteiger partial charge in [-0.2, -0.15) is 0 Å². The molecule has 0 nitrogen and oxygen atoms in total. The average molecular weight is 285 g/mol. The third-order valence-corrected chi connectivity index (χ3v) is 5.31. The van der Waals surface area contributed by atoms with Gasteiger partial charge in [-0.3, -0.25) is 0 Å². The van der Waals surface area contributed by atoms with E-state index in [0.717, 1.165) is 0 Å². The molecule has 0 N–H and O–H groups in total. The number of hydrogen-bond donors (Lipinski definition) is 0. The summed E-state index contributed by atoms with van der Waals surface area (Å²) in [6, 6.07) is 0. The van der Waals surface area contributed by atoms with Gasteiger partial charge in [0, 0.05) is 0 Å². The monoisotopic (exact) mass is 284 g/mol. The summed E-state index contributed by atoms with van der Waals surface area (Å²) >= 11 is -0.176. The van der Waals surface area contributed by atoms with Crippen LogP contribution in [0.15, 0.2) is 0 Å². The molecule has 2 heteroatoms.